The predicted molar refractivity (Wildman–Crippen MR) is 99.0 cm³/mol. The van der Waals surface area contributed by atoms with Crippen LogP contribution in [0.15, 0.2) is 42.5 Å². The highest BCUT2D eigenvalue weighted by Crippen LogP contribution is 2.23. The Morgan fingerprint density at radius 2 is 1.88 bits per heavy atom. The number of hydrogen-bond donors (Lipinski definition) is 2. The Balaban J connectivity index is 1.80. The van der Waals surface area contributed by atoms with Crippen molar-refractivity contribution < 1.29 is 9.53 Å². The number of ether oxygens (including phenoxy) is 1. The molecule has 0 aliphatic carbocycles. The molecule has 2 N–H and O–H groups in total. The summed E-state index contributed by atoms with van der Waals surface area (Å²) in [7, 11) is 0. The zero-order chi connectivity index (χ0) is 17.5. The van der Waals surface area contributed by atoms with E-state index >= 15 is 0 Å². The van der Waals surface area contributed by atoms with Crippen molar-refractivity contribution in [3.8, 4) is 5.75 Å². The number of amides is 2. The van der Waals surface area contributed by atoms with Crippen LogP contribution >= 0.6 is 0 Å². The zero-order valence-corrected chi connectivity index (χ0v) is 14.8. The van der Waals surface area contributed by atoms with Crippen LogP contribution in [0.3, 0.4) is 0 Å². The SMILES string of the molecule is Cc1ccc(OCCNC(=O)Nc2ccccc2C(C)C)c(C)c1. The third-order valence-electron chi connectivity index (χ3n) is 3.81. The van der Waals surface area contributed by atoms with E-state index in [2.05, 4.69) is 37.5 Å². The van der Waals surface area contributed by atoms with Crippen LogP contribution in [0.1, 0.15) is 36.5 Å². The molecule has 0 bridgehead atoms. The van der Waals surface area contributed by atoms with Gasteiger partial charge in [-0.3, -0.25) is 0 Å². The topological polar surface area (TPSA) is 50.4 Å². The van der Waals surface area contributed by atoms with E-state index in [0.717, 1.165) is 22.6 Å². The van der Waals surface area contributed by atoms with Crippen LogP contribution in [0.5, 0.6) is 5.75 Å². The molecule has 2 aromatic carbocycles. The minimum atomic E-state index is -0.215. The Morgan fingerprint density at radius 3 is 2.58 bits per heavy atom. The second-order valence-corrected chi connectivity index (χ2v) is 6.24. The van der Waals surface area contributed by atoms with Crippen molar-refractivity contribution in [3.05, 3.63) is 59.2 Å². The van der Waals surface area contributed by atoms with E-state index in [9.17, 15) is 4.79 Å². The Bertz CT molecular complexity index is 696. The summed E-state index contributed by atoms with van der Waals surface area (Å²) < 4.78 is 5.71. The number of nitrogens with one attached hydrogen (secondary N) is 2. The summed E-state index contributed by atoms with van der Waals surface area (Å²) in [5, 5.41) is 5.73. The van der Waals surface area contributed by atoms with Gasteiger partial charge in [0.25, 0.3) is 0 Å². The third-order valence-corrected chi connectivity index (χ3v) is 3.81. The predicted octanol–water partition coefficient (Wildman–Crippen LogP) is 4.63. The first kappa shape index (κ1) is 17.9. The van der Waals surface area contributed by atoms with Crippen molar-refractivity contribution in [2.45, 2.75) is 33.6 Å². The van der Waals surface area contributed by atoms with Crippen LogP contribution in [0.25, 0.3) is 0 Å². The summed E-state index contributed by atoms with van der Waals surface area (Å²) >= 11 is 0. The lowest BCUT2D eigenvalue weighted by molar-refractivity contribution is 0.247. The number of hydrogen-bond acceptors (Lipinski definition) is 2. The van der Waals surface area contributed by atoms with Gasteiger partial charge in [0.05, 0.1) is 6.54 Å². The second kappa shape index (κ2) is 8.39. The van der Waals surface area contributed by atoms with Crippen molar-refractivity contribution in [2.24, 2.45) is 0 Å². The van der Waals surface area contributed by atoms with Gasteiger partial charge in [-0.15, -0.1) is 0 Å². The monoisotopic (exact) mass is 326 g/mol. The maximum absolute atomic E-state index is 12.0. The van der Waals surface area contributed by atoms with Gasteiger partial charge < -0.3 is 15.4 Å². The second-order valence-electron chi connectivity index (χ2n) is 6.24. The van der Waals surface area contributed by atoms with Gasteiger partial charge >= 0.3 is 6.03 Å². The smallest absolute Gasteiger partial charge is 0.319 e. The average Bonchev–Trinajstić information content (AvgIpc) is 2.53. The summed E-state index contributed by atoms with van der Waals surface area (Å²) in [6, 6.07) is 13.7. The molecule has 0 spiro atoms. The third kappa shape index (κ3) is 5.01. The lowest BCUT2D eigenvalue weighted by Crippen LogP contribution is -2.32. The maximum atomic E-state index is 12.0. The number of aryl methyl sites for hydroxylation is 2. The Kier molecular flexibility index (Phi) is 6.24. The quantitative estimate of drug-likeness (QED) is 0.761. The number of urea groups is 1. The molecule has 4 heteroatoms. The highest BCUT2D eigenvalue weighted by molar-refractivity contribution is 5.90. The summed E-state index contributed by atoms with van der Waals surface area (Å²) in [5.74, 6) is 1.21. The number of carbonyl (C=O) groups excluding carboxylic acids is 1. The minimum Gasteiger partial charge on any atom is -0.491 e. The van der Waals surface area contributed by atoms with Gasteiger partial charge in [0, 0.05) is 5.69 Å². The molecule has 0 fully saturated rings. The summed E-state index contributed by atoms with van der Waals surface area (Å²) in [6.07, 6.45) is 0. The van der Waals surface area contributed by atoms with Gasteiger partial charge in [0.2, 0.25) is 0 Å². The normalized spacial score (nSPS) is 10.5. The molecule has 2 aromatic rings. The number of benzene rings is 2. The van der Waals surface area contributed by atoms with Crippen LogP contribution in [0, 0.1) is 13.8 Å². The Hall–Kier alpha value is -2.49. The number of rotatable bonds is 6. The first-order valence-corrected chi connectivity index (χ1v) is 8.31. The van der Waals surface area contributed by atoms with Crippen LogP contribution in [-0.4, -0.2) is 19.2 Å². The van der Waals surface area contributed by atoms with Crippen molar-refractivity contribution in [3.63, 3.8) is 0 Å². The Labute approximate surface area is 144 Å². The molecule has 2 amide bonds. The van der Waals surface area contributed by atoms with Gasteiger partial charge in [0.1, 0.15) is 12.4 Å². The molecule has 0 aromatic heterocycles. The number of para-hydroxylation sites is 1. The fourth-order valence-electron chi connectivity index (χ4n) is 2.57. The molecule has 0 aliphatic heterocycles. The maximum Gasteiger partial charge on any atom is 0.319 e. The first-order valence-electron chi connectivity index (χ1n) is 8.31. The average molecular weight is 326 g/mol. The summed E-state index contributed by atoms with van der Waals surface area (Å²) in [5.41, 5.74) is 4.28. The van der Waals surface area contributed by atoms with Crippen LogP contribution in [-0.2, 0) is 0 Å². The molecule has 0 atom stereocenters. The van der Waals surface area contributed by atoms with E-state index in [1.54, 1.807) is 0 Å². The van der Waals surface area contributed by atoms with Crippen molar-refractivity contribution >= 4 is 11.7 Å². The summed E-state index contributed by atoms with van der Waals surface area (Å²) in [6.45, 7) is 9.17. The standard InChI is InChI=1S/C20H26N2O2/c1-14(2)17-7-5-6-8-18(17)22-20(23)21-11-12-24-19-10-9-15(3)13-16(19)4/h5-10,13-14H,11-12H2,1-4H3,(H2,21,22,23). The molecule has 0 saturated heterocycles. The molecule has 24 heavy (non-hydrogen) atoms. The first-order chi connectivity index (χ1) is 11.5. The number of carbonyl (C=O) groups is 1. The van der Waals surface area contributed by atoms with Crippen LogP contribution in [0.2, 0.25) is 0 Å². The fourth-order valence-corrected chi connectivity index (χ4v) is 2.57. The molecule has 0 heterocycles. The summed E-state index contributed by atoms with van der Waals surface area (Å²) in [4.78, 5) is 12.0. The van der Waals surface area contributed by atoms with Crippen molar-refractivity contribution in [1.29, 1.82) is 0 Å². The van der Waals surface area contributed by atoms with Gasteiger partial charge in [-0.2, -0.15) is 0 Å². The molecule has 0 radical (unpaired) electrons. The van der Waals surface area contributed by atoms with Crippen molar-refractivity contribution in [1.82, 2.24) is 5.32 Å². The van der Waals surface area contributed by atoms with Gasteiger partial charge in [-0.25, -0.2) is 4.79 Å². The highest BCUT2D eigenvalue weighted by atomic mass is 16.5. The van der Waals surface area contributed by atoms with Gasteiger partial charge in [0.15, 0.2) is 0 Å². The number of anilines is 1. The zero-order valence-electron chi connectivity index (χ0n) is 14.8. The lowest BCUT2D eigenvalue weighted by atomic mass is 10.0. The fraction of sp³-hybridized carbons (Fsp3) is 0.350. The molecule has 4 nitrogen and oxygen atoms in total. The van der Waals surface area contributed by atoms with E-state index < -0.39 is 0 Å². The molecular weight excluding hydrogens is 300 g/mol. The van der Waals surface area contributed by atoms with Gasteiger partial charge in [-0.05, 0) is 43.0 Å². The van der Waals surface area contributed by atoms with Crippen LogP contribution in [0.4, 0.5) is 10.5 Å². The Morgan fingerprint density at radius 1 is 1.12 bits per heavy atom. The largest absolute Gasteiger partial charge is 0.491 e. The highest BCUT2D eigenvalue weighted by Gasteiger charge is 2.08. The molecule has 0 unspecified atom stereocenters. The van der Waals surface area contributed by atoms with E-state index in [1.165, 1.54) is 5.56 Å². The molecule has 0 aliphatic rings. The van der Waals surface area contributed by atoms with E-state index in [0.29, 0.717) is 19.1 Å². The molecule has 2 rings (SSSR count). The van der Waals surface area contributed by atoms with Gasteiger partial charge in [-0.1, -0.05) is 49.7 Å². The van der Waals surface area contributed by atoms with Crippen LogP contribution < -0.4 is 15.4 Å². The van der Waals surface area contributed by atoms with E-state index in [4.69, 9.17) is 4.74 Å². The van der Waals surface area contributed by atoms with E-state index in [-0.39, 0.29) is 6.03 Å². The van der Waals surface area contributed by atoms with E-state index in [1.807, 2.05) is 43.3 Å². The molecule has 0 saturated carbocycles. The van der Waals surface area contributed by atoms with Crippen molar-refractivity contribution in [2.75, 3.05) is 18.5 Å². The molecule has 128 valence electrons. The molecular formula is C20H26N2O2. The minimum absolute atomic E-state index is 0.215. The lowest BCUT2D eigenvalue weighted by Gasteiger charge is -2.14.